The van der Waals surface area contributed by atoms with Crippen LogP contribution >= 0.6 is 0 Å². The number of hydrogen-bond acceptors (Lipinski definition) is 3. The molecule has 0 aliphatic heterocycles. The van der Waals surface area contributed by atoms with Crippen LogP contribution < -0.4 is 10.6 Å². The Bertz CT molecular complexity index is 482. The Morgan fingerprint density at radius 3 is 2.56 bits per heavy atom. The van der Waals surface area contributed by atoms with E-state index in [1.807, 2.05) is 24.5 Å². The zero-order valence-electron chi connectivity index (χ0n) is 10.7. The lowest BCUT2D eigenvalue weighted by Crippen LogP contribution is -2.20. The molecule has 1 aromatic carbocycles. The van der Waals surface area contributed by atoms with Crippen molar-refractivity contribution < 1.29 is 0 Å². The maximum absolute atomic E-state index is 5.62. The summed E-state index contributed by atoms with van der Waals surface area (Å²) in [6, 6.07) is 12.6. The first-order valence-corrected chi connectivity index (χ1v) is 6.25. The van der Waals surface area contributed by atoms with Crippen LogP contribution in [0.15, 0.2) is 48.8 Å². The number of rotatable bonds is 5. The van der Waals surface area contributed by atoms with E-state index < -0.39 is 0 Å². The quantitative estimate of drug-likeness (QED) is 0.875. The molecule has 1 aromatic heterocycles. The molecule has 0 bridgehead atoms. The van der Waals surface area contributed by atoms with Gasteiger partial charge in [0.15, 0.2) is 0 Å². The SMILES string of the molecule is Cc1cccc(N(CCCN)c2ccncc2)c1. The van der Waals surface area contributed by atoms with Gasteiger partial charge in [0.25, 0.3) is 0 Å². The Morgan fingerprint density at radius 1 is 1.11 bits per heavy atom. The van der Waals surface area contributed by atoms with E-state index in [-0.39, 0.29) is 0 Å². The van der Waals surface area contributed by atoms with Crippen LogP contribution in [-0.4, -0.2) is 18.1 Å². The van der Waals surface area contributed by atoms with Crippen LogP contribution in [0.4, 0.5) is 11.4 Å². The number of nitrogens with zero attached hydrogens (tertiary/aromatic N) is 2. The third kappa shape index (κ3) is 3.08. The second-order valence-electron chi connectivity index (χ2n) is 4.34. The van der Waals surface area contributed by atoms with Gasteiger partial charge in [-0.2, -0.15) is 0 Å². The highest BCUT2D eigenvalue weighted by molar-refractivity contribution is 5.63. The van der Waals surface area contributed by atoms with E-state index in [0.717, 1.165) is 18.7 Å². The van der Waals surface area contributed by atoms with Crippen LogP contribution in [-0.2, 0) is 0 Å². The van der Waals surface area contributed by atoms with Gasteiger partial charge in [-0.25, -0.2) is 0 Å². The summed E-state index contributed by atoms with van der Waals surface area (Å²) >= 11 is 0. The van der Waals surface area contributed by atoms with E-state index in [1.54, 1.807) is 0 Å². The summed E-state index contributed by atoms with van der Waals surface area (Å²) in [5.74, 6) is 0. The van der Waals surface area contributed by atoms with Crippen molar-refractivity contribution in [3.05, 3.63) is 54.4 Å². The van der Waals surface area contributed by atoms with Crippen molar-refractivity contribution in [3.63, 3.8) is 0 Å². The van der Waals surface area contributed by atoms with Crippen molar-refractivity contribution in [1.29, 1.82) is 0 Å². The van der Waals surface area contributed by atoms with E-state index in [1.165, 1.54) is 11.3 Å². The van der Waals surface area contributed by atoms with Gasteiger partial charge in [-0.05, 0) is 49.7 Å². The molecule has 0 aliphatic rings. The maximum atomic E-state index is 5.62. The molecule has 18 heavy (non-hydrogen) atoms. The van der Waals surface area contributed by atoms with E-state index in [0.29, 0.717) is 6.54 Å². The standard InChI is InChI=1S/C15H19N3/c1-13-4-2-5-15(12-13)18(11-3-8-16)14-6-9-17-10-7-14/h2,4-7,9-10,12H,3,8,11,16H2,1H3. The number of anilines is 2. The molecular weight excluding hydrogens is 222 g/mol. The molecule has 94 valence electrons. The summed E-state index contributed by atoms with van der Waals surface area (Å²) in [7, 11) is 0. The molecule has 0 saturated heterocycles. The molecular formula is C15H19N3. The lowest BCUT2D eigenvalue weighted by Gasteiger charge is -2.25. The smallest absolute Gasteiger partial charge is 0.0441 e. The minimum absolute atomic E-state index is 0.702. The van der Waals surface area contributed by atoms with Crippen molar-refractivity contribution in [2.75, 3.05) is 18.0 Å². The average molecular weight is 241 g/mol. The lowest BCUT2D eigenvalue weighted by molar-refractivity contribution is 0.817. The second kappa shape index (κ2) is 6.17. The largest absolute Gasteiger partial charge is 0.341 e. The van der Waals surface area contributed by atoms with E-state index in [9.17, 15) is 0 Å². The van der Waals surface area contributed by atoms with Gasteiger partial charge in [0.1, 0.15) is 0 Å². The molecule has 0 fully saturated rings. The molecule has 0 atom stereocenters. The van der Waals surface area contributed by atoms with Gasteiger partial charge < -0.3 is 10.6 Å². The molecule has 0 spiro atoms. The molecule has 2 rings (SSSR count). The van der Waals surface area contributed by atoms with Gasteiger partial charge in [-0.15, -0.1) is 0 Å². The first-order valence-electron chi connectivity index (χ1n) is 6.25. The topological polar surface area (TPSA) is 42.1 Å². The van der Waals surface area contributed by atoms with Crippen molar-refractivity contribution in [2.24, 2.45) is 5.73 Å². The van der Waals surface area contributed by atoms with Crippen molar-refractivity contribution >= 4 is 11.4 Å². The molecule has 0 radical (unpaired) electrons. The summed E-state index contributed by atoms with van der Waals surface area (Å²) in [6.07, 6.45) is 4.61. The number of benzene rings is 1. The normalized spacial score (nSPS) is 10.3. The number of aromatic nitrogens is 1. The molecule has 0 aliphatic carbocycles. The van der Waals surface area contributed by atoms with Gasteiger partial charge in [-0.1, -0.05) is 12.1 Å². The fourth-order valence-corrected chi connectivity index (χ4v) is 1.98. The Balaban J connectivity index is 2.31. The number of nitrogens with two attached hydrogens (primary N) is 1. The van der Waals surface area contributed by atoms with E-state index in [4.69, 9.17) is 5.73 Å². The molecule has 1 heterocycles. The predicted molar refractivity (Wildman–Crippen MR) is 76.1 cm³/mol. The fraction of sp³-hybridized carbons (Fsp3) is 0.267. The maximum Gasteiger partial charge on any atom is 0.0441 e. The molecule has 0 unspecified atom stereocenters. The van der Waals surface area contributed by atoms with Crippen LogP contribution in [0.3, 0.4) is 0 Å². The Hall–Kier alpha value is -1.87. The van der Waals surface area contributed by atoms with Crippen molar-refractivity contribution in [2.45, 2.75) is 13.3 Å². The molecule has 3 heteroatoms. The van der Waals surface area contributed by atoms with E-state index in [2.05, 4.69) is 41.1 Å². The lowest BCUT2D eigenvalue weighted by atomic mass is 10.2. The Morgan fingerprint density at radius 2 is 1.89 bits per heavy atom. The van der Waals surface area contributed by atoms with Gasteiger partial charge >= 0.3 is 0 Å². The van der Waals surface area contributed by atoms with Crippen molar-refractivity contribution in [1.82, 2.24) is 4.98 Å². The molecule has 0 amide bonds. The first-order chi connectivity index (χ1) is 8.81. The van der Waals surface area contributed by atoms with Gasteiger partial charge in [0.2, 0.25) is 0 Å². The number of aryl methyl sites for hydroxylation is 1. The van der Waals surface area contributed by atoms with Gasteiger partial charge in [0, 0.05) is 30.3 Å². The summed E-state index contributed by atoms with van der Waals surface area (Å²) in [6.45, 7) is 3.73. The molecule has 2 aromatic rings. The van der Waals surface area contributed by atoms with Crippen LogP contribution in [0.2, 0.25) is 0 Å². The fourth-order valence-electron chi connectivity index (χ4n) is 1.98. The molecule has 0 saturated carbocycles. The number of hydrogen-bond donors (Lipinski definition) is 1. The summed E-state index contributed by atoms with van der Waals surface area (Å²) in [5, 5.41) is 0. The molecule has 3 nitrogen and oxygen atoms in total. The monoisotopic (exact) mass is 241 g/mol. The zero-order valence-corrected chi connectivity index (χ0v) is 10.7. The van der Waals surface area contributed by atoms with Crippen LogP contribution in [0.5, 0.6) is 0 Å². The highest BCUT2D eigenvalue weighted by atomic mass is 15.1. The minimum Gasteiger partial charge on any atom is -0.341 e. The third-order valence-corrected chi connectivity index (χ3v) is 2.87. The zero-order chi connectivity index (χ0) is 12.8. The van der Waals surface area contributed by atoms with Crippen molar-refractivity contribution in [3.8, 4) is 0 Å². The van der Waals surface area contributed by atoms with Crippen LogP contribution in [0.25, 0.3) is 0 Å². The van der Waals surface area contributed by atoms with E-state index >= 15 is 0 Å². The predicted octanol–water partition coefficient (Wildman–Crippen LogP) is 2.88. The summed E-state index contributed by atoms with van der Waals surface area (Å²) < 4.78 is 0. The van der Waals surface area contributed by atoms with Crippen LogP contribution in [0.1, 0.15) is 12.0 Å². The van der Waals surface area contributed by atoms with Crippen LogP contribution in [0, 0.1) is 6.92 Å². The highest BCUT2D eigenvalue weighted by Gasteiger charge is 2.08. The minimum atomic E-state index is 0.702. The first kappa shape index (κ1) is 12.6. The third-order valence-electron chi connectivity index (χ3n) is 2.87. The number of pyridine rings is 1. The Kier molecular flexibility index (Phi) is 4.31. The summed E-state index contributed by atoms with van der Waals surface area (Å²) in [5.41, 5.74) is 9.25. The summed E-state index contributed by atoms with van der Waals surface area (Å²) in [4.78, 5) is 6.35. The second-order valence-corrected chi connectivity index (χ2v) is 4.34. The highest BCUT2D eigenvalue weighted by Crippen LogP contribution is 2.25. The van der Waals surface area contributed by atoms with Gasteiger partial charge in [0.05, 0.1) is 0 Å². The average Bonchev–Trinajstić information content (AvgIpc) is 2.40. The molecule has 2 N–H and O–H groups in total. The van der Waals surface area contributed by atoms with Gasteiger partial charge in [-0.3, -0.25) is 4.98 Å². The Labute approximate surface area is 108 Å².